The average Bonchev–Trinajstić information content (AvgIpc) is 3.31. The van der Waals surface area contributed by atoms with Crippen molar-refractivity contribution in [1.82, 2.24) is 9.99 Å². The van der Waals surface area contributed by atoms with Gasteiger partial charge >= 0.3 is 5.69 Å². The second kappa shape index (κ2) is 9.43. The molecule has 0 spiro atoms. The highest BCUT2D eigenvalue weighted by Crippen LogP contribution is 2.40. The molecule has 4 rings (SSSR count). The van der Waals surface area contributed by atoms with E-state index in [1.54, 1.807) is 30.6 Å². The summed E-state index contributed by atoms with van der Waals surface area (Å²) >= 11 is 0. The van der Waals surface area contributed by atoms with Crippen LogP contribution < -0.4 is 9.47 Å². The number of pyridine rings is 1. The molecule has 0 unspecified atom stereocenters. The first-order chi connectivity index (χ1) is 16.8. The Hall–Kier alpha value is -5.07. The van der Waals surface area contributed by atoms with Crippen LogP contribution in [-0.4, -0.2) is 38.8 Å². The Morgan fingerprint density at radius 3 is 2.34 bits per heavy atom. The summed E-state index contributed by atoms with van der Waals surface area (Å²) in [5, 5.41) is 27.8. The summed E-state index contributed by atoms with van der Waals surface area (Å²) in [4.78, 5) is 37.0. The number of rotatable bonds is 7. The van der Waals surface area contributed by atoms with Gasteiger partial charge in [-0.15, -0.1) is 5.10 Å². The first-order valence-corrected chi connectivity index (χ1v) is 10.0. The van der Waals surface area contributed by atoms with Crippen LogP contribution in [0.3, 0.4) is 0 Å². The highest BCUT2D eigenvalue weighted by molar-refractivity contribution is 5.96. The fourth-order valence-electron chi connectivity index (χ4n) is 3.28. The van der Waals surface area contributed by atoms with Crippen LogP contribution in [0.25, 0.3) is 0 Å². The van der Waals surface area contributed by atoms with E-state index in [-0.39, 0.29) is 29.1 Å². The zero-order valence-corrected chi connectivity index (χ0v) is 18.4. The van der Waals surface area contributed by atoms with Crippen LogP contribution in [0.4, 0.5) is 11.4 Å². The van der Waals surface area contributed by atoms with Crippen molar-refractivity contribution in [3.05, 3.63) is 92.3 Å². The van der Waals surface area contributed by atoms with Crippen LogP contribution in [0.5, 0.6) is 17.2 Å². The first kappa shape index (κ1) is 23.1. The number of carbonyl (C=O) groups is 1. The molecule has 35 heavy (non-hydrogen) atoms. The lowest BCUT2D eigenvalue weighted by Gasteiger charge is -2.20. The van der Waals surface area contributed by atoms with Crippen LogP contribution in [0, 0.1) is 20.2 Å². The SMILES string of the molecule is COc1cc([C@@H]2OC(c3ccncc3)=NN2C(C)=O)ccc1Oc1ccc([N+](=O)[O-])cc1[N+](=O)[O-]. The summed E-state index contributed by atoms with van der Waals surface area (Å²) in [6.45, 7) is 1.35. The average molecular weight is 479 g/mol. The second-order valence-electron chi connectivity index (χ2n) is 7.15. The molecule has 0 saturated carbocycles. The molecule has 0 fully saturated rings. The van der Waals surface area contributed by atoms with E-state index < -0.39 is 27.4 Å². The van der Waals surface area contributed by atoms with Gasteiger partial charge in [-0.2, -0.15) is 5.01 Å². The van der Waals surface area contributed by atoms with Crippen molar-refractivity contribution in [2.24, 2.45) is 5.10 Å². The third-order valence-corrected chi connectivity index (χ3v) is 4.94. The van der Waals surface area contributed by atoms with Crippen LogP contribution in [0.2, 0.25) is 0 Å². The molecular formula is C22H17N5O8. The van der Waals surface area contributed by atoms with E-state index in [1.165, 1.54) is 31.2 Å². The molecule has 13 heteroatoms. The quantitative estimate of drug-likeness (QED) is 0.361. The Balaban J connectivity index is 1.65. The van der Waals surface area contributed by atoms with E-state index in [2.05, 4.69) is 10.1 Å². The van der Waals surface area contributed by atoms with Gasteiger partial charge in [0, 0.05) is 36.5 Å². The number of ether oxygens (including phenoxy) is 3. The molecule has 13 nitrogen and oxygen atoms in total. The molecule has 2 aromatic carbocycles. The van der Waals surface area contributed by atoms with Crippen molar-refractivity contribution < 1.29 is 28.9 Å². The van der Waals surface area contributed by atoms with E-state index in [0.717, 1.165) is 18.2 Å². The van der Waals surface area contributed by atoms with Crippen LogP contribution >= 0.6 is 0 Å². The van der Waals surface area contributed by atoms with Crippen molar-refractivity contribution >= 4 is 23.2 Å². The number of hydrazone groups is 1. The molecule has 1 aliphatic rings. The number of nitro groups is 2. The lowest BCUT2D eigenvalue weighted by atomic mass is 10.1. The number of nitrogens with zero attached hydrogens (tertiary/aromatic N) is 5. The van der Waals surface area contributed by atoms with Gasteiger partial charge in [0.1, 0.15) is 0 Å². The van der Waals surface area contributed by atoms with Crippen molar-refractivity contribution in [3.8, 4) is 17.2 Å². The van der Waals surface area contributed by atoms with Crippen LogP contribution in [0.15, 0.2) is 66.0 Å². The minimum Gasteiger partial charge on any atom is -0.493 e. The van der Waals surface area contributed by atoms with Gasteiger partial charge in [-0.25, -0.2) is 0 Å². The Morgan fingerprint density at radius 1 is 1.00 bits per heavy atom. The van der Waals surface area contributed by atoms with Gasteiger partial charge in [-0.1, -0.05) is 0 Å². The number of hydrogen-bond acceptors (Lipinski definition) is 10. The van der Waals surface area contributed by atoms with E-state index in [4.69, 9.17) is 14.2 Å². The summed E-state index contributed by atoms with van der Waals surface area (Å²) < 4.78 is 17.0. The molecule has 0 aliphatic carbocycles. The number of non-ortho nitro benzene ring substituents is 1. The highest BCUT2D eigenvalue weighted by atomic mass is 16.6. The Morgan fingerprint density at radius 2 is 1.71 bits per heavy atom. The molecular weight excluding hydrogens is 462 g/mol. The number of carbonyl (C=O) groups excluding carboxylic acids is 1. The van der Waals surface area contributed by atoms with Crippen molar-refractivity contribution in [2.75, 3.05) is 7.11 Å². The predicted octanol–water partition coefficient (Wildman–Crippen LogP) is 3.94. The number of amides is 1. The van der Waals surface area contributed by atoms with Gasteiger partial charge in [0.05, 0.1) is 23.0 Å². The molecule has 0 saturated heterocycles. The van der Waals surface area contributed by atoms with Crippen molar-refractivity contribution in [3.63, 3.8) is 0 Å². The molecule has 0 radical (unpaired) electrons. The van der Waals surface area contributed by atoms with E-state index in [0.29, 0.717) is 11.1 Å². The fraction of sp³-hybridized carbons (Fsp3) is 0.136. The molecule has 178 valence electrons. The maximum absolute atomic E-state index is 12.2. The van der Waals surface area contributed by atoms with Gasteiger partial charge in [-0.3, -0.25) is 30.0 Å². The van der Waals surface area contributed by atoms with Crippen LogP contribution in [0.1, 0.15) is 24.3 Å². The number of hydrogen-bond donors (Lipinski definition) is 0. The summed E-state index contributed by atoms with van der Waals surface area (Å²) in [6.07, 6.45) is 2.24. The zero-order chi connectivity index (χ0) is 25.1. The lowest BCUT2D eigenvalue weighted by Crippen LogP contribution is -2.25. The molecule has 1 aromatic heterocycles. The maximum Gasteiger partial charge on any atom is 0.318 e. The van der Waals surface area contributed by atoms with Gasteiger partial charge in [-0.05, 0) is 36.4 Å². The molecule has 0 N–H and O–H groups in total. The van der Waals surface area contributed by atoms with Crippen molar-refractivity contribution in [2.45, 2.75) is 13.2 Å². The van der Waals surface area contributed by atoms with E-state index in [1.807, 2.05) is 0 Å². The molecule has 2 heterocycles. The second-order valence-corrected chi connectivity index (χ2v) is 7.15. The molecule has 1 aliphatic heterocycles. The Bertz CT molecular complexity index is 1340. The van der Waals surface area contributed by atoms with E-state index >= 15 is 0 Å². The fourth-order valence-corrected chi connectivity index (χ4v) is 3.28. The number of methoxy groups -OCH3 is 1. The maximum atomic E-state index is 12.2. The predicted molar refractivity (Wildman–Crippen MR) is 120 cm³/mol. The smallest absolute Gasteiger partial charge is 0.318 e. The molecule has 3 aromatic rings. The largest absolute Gasteiger partial charge is 0.493 e. The van der Waals surface area contributed by atoms with Crippen molar-refractivity contribution in [1.29, 1.82) is 0 Å². The third-order valence-electron chi connectivity index (χ3n) is 4.94. The number of aromatic nitrogens is 1. The standard InChI is InChI=1S/C22H17N5O8/c1-13(28)25-22(35-21(24-25)14-7-9-23-10-8-14)15-3-5-19(20(11-15)33-2)34-18-6-4-16(26(29)30)12-17(18)27(31)32/h3-12,22H,1-2H3/t22-/m0/s1. The van der Waals surface area contributed by atoms with Gasteiger partial charge in [0.2, 0.25) is 23.8 Å². The molecule has 0 bridgehead atoms. The normalized spacial score (nSPS) is 14.6. The molecule has 1 amide bonds. The van der Waals surface area contributed by atoms with Gasteiger partial charge in [0.15, 0.2) is 11.5 Å². The molecule has 1 atom stereocenters. The number of nitro benzene ring substituents is 2. The van der Waals surface area contributed by atoms with Gasteiger partial charge in [0.25, 0.3) is 5.69 Å². The zero-order valence-electron chi connectivity index (χ0n) is 18.4. The van der Waals surface area contributed by atoms with Crippen LogP contribution in [-0.2, 0) is 9.53 Å². The summed E-state index contributed by atoms with van der Waals surface area (Å²) in [6, 6.07) is 11.0. The third kappa shape index (κ3) is 4.68. The minimum absolute atomic E-state index is 0.107. The minimum atomic E-state index is -0.896. The highest BCUT2D eigenvalue weighted by Gasteiger charge is 2.34. The Kier molecular flexibility index (Phi) is 6.22. The monoisotopic (exact) mass is 479 g/mol. The van der Waals surface area contributed by atoms with Gasteiger partial charge < -0.3 is 14.2 Å². The topological polar surface area (TPSA) is 160 Å². The number of benzene rings is 2. The van der Waals surface area contributed by atoms with E-state index in [9.17, 15) is 25.0 Å². The lowest BCUT2D eigenvalue weighted by molar-refractivity contribution is -0.394. The summed E-state index contributed by atoms with van der Waals surface area (Å²) in [5.41, 5.74) is 0.100. The first-order valence-electron chi connectivity index (χ1n) is 10.0. The summed E-state index contributed by atoms with van der Waals surface area (Å²) in [5.74, 6) is -0.0545. The Labute approximate surface area is 197 Å². The summed E-state index contributed by atoms with van der Waals surface area (Å²) in [7, 11) is 1.37.